The van der Waals surface area contributed by atoms with Crippen LogP contribution in [0.1, 0.15) is 31.8 Å². The lowest BCUT2D eigenvalue weighted by molar-refractivity contribution is 0.0599. The van der Waals surface area contributed by atoms with Gasteiger partial charge in [-0.05, 0) is 54.4 Å². The lowest BCUT2D eigenvalue weighted by Gasteiger charge is -2.12. The minimum Gasteiger partial charge on any atom is -0.489 e. The molecule has 0 atom stereocenters. The topological polar surface area (TPSA) is 64.6 Å². The van der Waals surface area contributed by atoms with Crippen LogP contribution < -0.4 is 10.1 Å². The highest BCUT2D eigenvalue weighted by Gasteiger charge is 2.14. The zero-order chi connectivity index (χ0) is 19.9. The fraction of sp³-hybridized carbons (Fsp3) is 0.130. The number of anilines is 1. The fourth-order valence-electron chi connectivity index (χ4n) is 2.73. The largest absolute Gasteiger partial charge is 0.489 e. The number of rotatable bonds is 6. The summed E-state index contributed by atoms with van der Waals surface area (Å²) in [5.41, 5.74) is 3.14. The lowest BCUT2D eigenvalue weighted by atomic mass is 10.1. The highest BCUT2D eigenvalue weighted by atomic mass is 16.5. The van der Waals surface area contributed by atoms with Gasteiger partial charge >= 0.3 is 5.97 Å². The van der Waals surface area contributed by atoms with Crippen molar-refractivity contribution in [3.8, 4) is 5.75 Å². The second kappa shape index (κ2) is 8.86. The summed E-state index contributed by atoms with van der Waals surface area (Å²) in [6, 6.07) is 21.9. The molecule has 0 aromatic heterocycles. The number of hydrogen-bond donors (Lipinski definition) is 1. The van der Waals surface area contributed by atoms with Gasteiger partial charge in [-0.3, -0.25) is 4.79 Å². The van der Waals surface area contributed by atoms with E-state index < -0.39 is 5.97 Å². The number of methoxy groups -OCH3 is 1. The molecule has 142 valence electrons. The molecule has 0 bridgehead atoms. The molecule has 5 nitrogen and oxygen atoms in total. The van der Waals surface area contributed by atoms with Crippen LogP contribution in [-0.4, -0.2) is 19.0 Å². The van der Waals surface area contributed by atoms with Crippen molar-refractivity contribution >= 4 is 17.6 Å². The van der Waals surface area contributed by atoms with E-state index in [0.717, 1.165) is 11.3 Å². The number of nitrogens with one attached hydrogen (secondary N) is 1. The third-order valence-corrected chi connectivity index (χ3v) is 4.35. The number of hydrogen-bond acceptors (Lipinski definition) is 4. The third kappa shape index (κ3) is 4.57. The van der Waals surface area contributed by atoms with E-state index in [-0.39, 0.29) is 5.91 Å². The Bertz CT molecular complexity index is 966. The van der Waals surface area contributed by atoms with Crippen molar-refractivity contribution in [3.63, 3.8) is 0 Å². The number of para-hydroxylation sites is 1. The number of carbonyl (C=O) groups is 2. The Hall–Kier alpha value is -3.60. The Morgan fingerprint density at radius 2 is 1.61 bits per heavy atom. The molecule has 0 aliphatic heterocycles. The molecule has 5 heteroatoms. The first-order valence-corrected chi connectivity index (χ1v) is 8.84. The zero-order valence-corrected chi connectivity index (χ0v) is 15.8. The van der Waals surface area contributed by atoms with E-state index in [4.69, 9.17) is 9.47 Å². The summed E-state index contributed by atoms with van der Waals surface area (Å²) >= 11 is 0. The minimum absolute atomic E-state index is 0.249. The van der Waals surface area contributed by atoms with E-state index in [1.807, 2.05) is 42.5 Å². The van der Waals surface area contributed by atoms with Crippen LogP contribution in [0.25, 0.3) is 0 Å². The van der Waals surface area contributed by atoms with Gasteiger partial charge in [0.15, 0.2) is 0 Å². The molecule has 0 fully saturated rings. The maximum absolute atomic E-state index is 12.5. The molecule has 0 unspecified atom stereocenters. The van der Waals surface area contributed by atoms with E-state index in [1.165, 1.54) is 7.11 Å². The average molecular weight is 375 g/mol. The molecular formula is C23H21NO4. The Labute approximate surface area is 163 Å². The van der Waals surface area contributed by atoms with Gasteiger partial charge in [-0.25, -0.2) is 4.79 Å². The van der Waals surface area contributed by atoms with Crippen molar-refractivity contribution in [2.24, 2.45) is 0 Å². The van der Waals surface area contributed by atoms with Crippen molar-refractivity contribution in [1.82, 2.24) is 0 Å². The predicted octanol–water partition coefficient (Wildman–Crippen LogP) is 4.61. The summed E-state index contributed by atoms with van der Waals surface area (Å²) in [7, 11) is 1.33. The third-order valence-electron chi connectivity index (χ3n) is 4.35. The predicted molar refractivity (Wildman–Crippen MR) is 108 cm³/mol. The first kappa shape index (κ1) is 19.2. The highest BCUT2D eigenvalue weighted by molar-refractivity contribution is 6.05. The Balaban J connectivity index is 1.66. The number of ether oxygens (including phenoxy) is 2. The standard InChI is InChI=1S/C23H21NO4/c1-16-20(23(26)27-2)9-6-10-21(16)24-22(25)18-13-11-17(12-14-18)15-28-19-7-4-3-5-8-19/h3-14H,15H2,1-2H3,(H,24,25). The van der Waals surface area contributed by atoms with E-state index in [2.05, 4.69) is 5.32 Å². The van der Waals surface area contributed by atoms with Crippen molar-refractivity contribution in [3.05, 3.63) is 95.1 Å². The Morgan fingerprint density at radius 3 is 2.29 bits per heavy atom. The molecule has 3 aromatic rings. The van der Waals surface area contributed by atoms with Gasteiger partial charge < -0.3 is 14.8 Å². The Morgan fingerprint density at radius 1 is 0.893 bits per heavy atom. The first-order valence-electron chi connectivity index (χ1n) is 8.84. The van der Waals surface area contributed by atoms with Crippen molar-refractivity contribution in [1.29, 1.82) is 0 Å². The molecule has 3 rings (SSSR count). The van der Waals surface area contributed by atoms with Crippen LogP contribution in [0.5, 0.6) is 5.75 Å². The molecule has 1 N–H and O–H groups in total. The zero-order valence-electron chi connectivity index (χ0n) is 15.8. The monoisotopic (exact) mass is 375 g/mol. The van der Waals surface area contributed by atoms with Crippen LogP contribution >= 0.6 is 0 Å². The van der Waals surface area contributed by atoms with Gasteiger partial charge in [-0.1, -0.05) is 36.4 Å². The molecule has 0 heterocycles. The second-order valence-electron chi connectivity index (χ2n) is 6.22. The number of carbonyl (C=O) groups excluding carboxylic acids is 2. The number of benzene rings is 3. The molecule has 0 aliphatic carbocycles. The van der Waals surface area contributed by atoms with Crippen molar-refractivity contribution in [2.75, 3.05) is 12.4 Å². The van der Waals surface area contributed by atoms with E-state index >= 15 is 0 Å². The van der Waals surface area contributed by atoms with Crippen LogP contribution in [0, 0.1) is 6.92 Å². The van der Waals surface area contributed by atoms with Gasteiger partial charge in [0.1, 0.15) is 12.4 Å². The second-order valence-corrected chi connectivity index (χ2v) is 6.22. The van der Waals surface area contributed by atoms with Gasteiger partial charge in [-0.2, -0.15) is 0 Å². The summed E-state index contributed by atoms with van der Waals surface area (Å²) in [5.74, 6) is 0.113. The van der Waals surface area contributed by atoms with Crippen LogP contribution in [-0.2, 0) is 11.3 Å². The molecule has 0 spiro atoms. The normalized spacial score (nSPS) is 10.2. The smallest absolute Gasteiger partial charge is 0.338 e. The first-order chi connectivity index (χ1) is 13.6. The molecular weight excluding hydrogens is 354 g/mol. The lowest BCUT2D eigenvalue weighted by Crippen LogP contribution is -2.14. The van der Waals surface area contributed by atoms with Crippen LogP contribution in [0.2, 0.25) is 0 Å². The molecule has 3 aromatic carbocycles. The van der Waals surface area contributed by atoms with Crippen LogP contribution in [0.3, 0.4) is 0 Å². The SMILES string of the molecule is COC(=O)c1cccc(NC(=O)c2ccc(COc3ccccc3)cc2)c1C. The van der Waals surface area contributed by atoms with Gasteiger partial charge in [0.05, 0.1) is 12.7 Å². The number of esters is 1. The van der Waals surface area contributed by atoms with E-state index in [0.29, 0.717) is 29.0 Å². The summed E-state index contributed by atoms with van der Waals surface area (Å²) < 4.78 is 10.5. The van der Waals surface area contributed by atoms with Gasteiger partial charge in [-0.15, -0.1) is 0 Å². The summed E-state index contributed by atoms with van der Waals surface area (Å²) in [6.45, 7) is 2.19. The van der Waals surface area contributed by atoms with Gasteiger partial charge in [0.2, 0.25) is 0 Å². The van der Waals surface area contributed by atoms with E-state index in [1.54, 1.807) is 37.3 Å². The molecule has 0 aliphatic rings. The quantitative estimate of drug-likeness (QED) is 0.639. The van der Waals surface area contributed by atoms with E-state index in [9.17, 15) is 9.59 Å². The molecule has 1 amide bonds. The molecule has 0 saturated heterocycles. The maximum Gasteiger partial charge on any atom is 0.338 e. The average Bonchev–Trinajstić information content (AvgIpc) is 2.74. The van der Waals surface area contributed by atoms with Gasteiger partial charge in [0.25, 0.3) is 5.91 Å². The Kier molecular flexibility index (Phi) is 6.07. The summed E-state index contributed by atoms with van der Waals surface area (Å²) in [6.07, 6.45) is 0. The molecule has 0 saturated carbocycles. The maximum atomic E-state index is 12.5. The number of amides is 1. The molecule has 28 heavy (non-hydrogen) atoms. The van der Waals surface area contributed by atoms with Crippen molar-refractivity contribution < 1.29 is 19.1 Å². The summed E-state index contributed by atoms with van der Waals surface area (Å²) in [4.78, 5) is 24.3. The van der Waals surface area contributed by atoms with Crippen LogP contribution in [0.4, 0.5) is 5.69 Å². The van der Waals surface area contributed by atoms with Crippen molar-refractivity contribution in [2.45, 2.75) is 13.5 Å². The summed E-state index contributed by atoms with van der Waals surface area (Å²) in [5, 5.41) is 2.85. The highest BCUT2D eigenvalue weighted by Crippen LogP contribution is 2.21. The molecule has 0 radical (unpaired) electrons. The minimum atomic E-state index is -0.434. The van der Waals surface area contributed by atoms with Crippen LogP contribution in [0.15, 0.2) is 72.8 Å². The fourth-order valence-corrected chi connectivity index (χ4v) is 2.73. The van der Waals surface area contributed by atoms with Gasteiger partial charge in [0, 0.05) is 11.3 Å².